The number of aliphatic hydroxyl groups excluding tert-OH is 1. The summed E-state index contributed by atoms with van der Waals surface area (Å²) in [6.45, 7) is 3.62. The average molecular weight is 335 g/mol. The number of rotatable bonds is 2. The second kappa shape index (κ2) is 5.62. The Kier molecular flexibility index (Phi) is 3.90. The summed E-state index contributed by atoms with van der Waals surface area (Å²) in [5, 5.41) is 10.1. The standard InChI is InChI=1S/C17H18FNO3S/c1-11-3-6-16-14(9-11)17(20)7-8-19(16)23(21,22)13-4-5-15(18)12(2)10-13/h3-6,9-10,17,20H,7-8H2,1-2H3. The predicted molar refractivity (Wildman–Crippen MR) is 86.4 cm³/mol. The molecular formula is C17H18FNO3S. The van der Waals surface area contributed by atoms with Gasteiger partial charge in [-0.1, -0.05) is 17.7 Å². The minimum absolute atomic E-state index is 0.0549. The van der Waals surface area contributed by atoms with Crippen molar-refractivity contribution in [2.45, 2.75) is 31.3 Å². The van der Waals surface area contributed by atoms with Gasteiger partial charge >= 0.3 is 0 Å². The monoisotopic (exact) mass is 335 g/mol. The van der Waals surface area contributed by atoms with Crippen LogP contribution in [0.15, 0.2) is 41.3 Å². The summed E-state index contributed by atoms with van der Waals surface area (Å²) in [5.74, 6) is -0.436. The van der Waals surface area contributed by atoms with Gasteiger partial charge in [-0.2, -0.15) is 0 Å². The molecule has 1 aliphatic rings. The van der Waals surface area contributed by atoms with E-state index in [4.69, 9.17) is 0 Å². The van der Waals surface area contributed by atoms with E-state index in [9.17, 15) is 17.9 Å². The third-order valence-corrected chi connectivity index (χ3v) is 5.94. The van der Waals surface area contributed by atoms with Gasteiger partial charge in [0.05, 0.1) is 16.7 Å². The van der Waals surface area contributed by atoms with Crippen LogP contribution in [0, 0.1) is 19.7 Å². The van der Waals surface area contributed by atoms with Crippen LogP contribution < -0.4 is 4.31 Å². The summed E-state index contributed by atoms with van der Waals surface area (Å²) in [6.07, 6.45) is -0.345. The van der Waals surface area contributed by atoms with Gasteiger partial charge in [0.1, 0.15) is 5.82 Å². The van der Waals surface area contributed by atoms with Gasteiger partial charge in [0, 0.05) is 12.1 Å². The molecule has 0 bridgehead atoms. The molecule has 3 rings (SSSR count). The highest BCUT2D eigenvalue weighted by Gasteiger charge is 2.32. The first-order chi connectivity index (χ1) is 10.8. The highest BCUT2D eigenvalue weighted by Crippen LogP contribution is 2.37. The first-order valence-electron chi connectivity index (χ1n) is 7.38. The minimum Gasteiger partial charge on any atom is -0.388 e. The van der Waals surface area contributed by atoms with Crippen molar-refractivity contribution in [2.75, 3.05) is 10.8 Å². The third-order valence-electron chi connectivity index (χ3n) is 4.13. The molecule has 4 nitrogen and oxygen atoms in total. The van der Waals surface area contributed by atoms with Gasteiger partial charge in [-0.15, -0.1) is 0 Å². The van der Waals surface area contributed by atoms with E-state index in [1.165, 1.54) is 23.4 Å². The fraction of sp³-hybridized carbons (Fsp3) is 0.294. The Morgan fingerprint density at radius 2 is 1.91 bits per heavy atom. The van der Waals surface area contributed by atoms with Crippen LogP contribution in [0.25, 0.3) is 0 Å². The molecule has 0 saturated heterocycles. The highest BCUT2D eigenvalue weighted by molar-refractivity contribution is 7.92. The summed E-state index contributed by atoms with van der Waals surface area (Å²) in [5.41, 5.74) is 2.34. The van der Waals surface area contributed by atoms with Gasteiger partial charge < -0.3 is 5.11 Å². The molecule has 122 valence electrons. The SMILES string of the molecule is Cc1ccc2c(c1)C(O)CCN2S(=O)(=O)c1ccc(F)c(C)c1. The number of aliphatic hydroxyl groups is 1. The maximum absolute atomic E-state index is 13.4. The molecule has 1 N–H and O–H groups in total. The molecule has 0 aromatic heterocycles. The van der Waals surface area contributed by atoms with Crippen LogP contribution in [0.4, 0.5) is 10.1 Å². The Morgan fingerprint density at radius 1 is 1.17 bits per heavy atom. The number of benzene rings is 2. The van der Waals surface area contributed by atoms with Gasteiger partial charge in [0.2, 0.25) is 0 Å². The normalized spacial score (nSPS) is 17.9. The quantitative estimate of drug-likeness (QED) is 0.917. The summed E-state index contributed by atoms with van der Waals surface area (Å²) < 4.78 is 40.6. The van der Waals surface area contributed by atoms with Crippen molar-refractivity contribution in [3.63, 3.8) is 0 Å². The molecule has 0 amide bonds. The molecule has 1 atom stereocenters. The van der Waals surface area contributed by atoms with Crippen molar-refractivity contribution in [1.29, 1.82) is 0 Å². The van der Waals surface area contributed by atoms with Crippen molar-refractivity contribution >= 4 is 15.7 Å². The maximum atomic E-state index is 13.4. The highest BCUT2D eigenvalue weighted by atomic mass is 32.2. The molecule has 23 heavy (non-hydrogen) atoms. The molecule has 0 fully saturated rings. The topological polar surface area (TPSA) is 57.6 Å². The van der Waals surface area contributed by atoms with Crippen LogP contribution in [-0.2, 0) is 10.0 Å². The van der Waals surface area contributed by atoms with Crippen LogP contribution in [0.2, 0.25) is 0 Å². The van der Waals surface area contributed by atoms with E-state index in [0.29, 0.717) is 17.7 Å². The Labute approximate surface area is 135 Å². The van der Waals surface area contributed by atoms with E-state index in [1.54, 1.807) is 12.1 Å². The Bertz CT molecular complexity index is 864. The number of hydrogen-bond donors (Lipinski definition) is 1. The molecule has 2 aromatic carbocycles. The fourth-order valence-corrected chi connectivity index (χ4v) is 4.43. The molecular weight excluding hydrogens is 317 g/mol. The van der Waals surface area contributed by atoms with Crippen LogP contribution in [-0.4, -0.2) is 20.1 Å². The number of hydrogen-bond acceptors (Lipinski definition) is 3. The van der Waals surface area contributed by atoms with Crippen LogP contribution in [0.5, 0.6) is 0 Å². The van der Waals surface area contributed by atoms with Gasteiger partial charge in [-0.25, -0.2) is 12.8 Å². The largest absolute Gasteiger partial charge is 0.388 e. The first kappa shape index (κ1) is 16.0. The summed E-state index contributed by atoms with van der Waals surface area (Å²) >= 11 is 0. The van der Waals surface area contributed by atoms with Crippen molar-refractivity contribution in [3.05, 3.63) is 58.9 Å². The lowest BCUT2D eigenvalue weighted by Crippen LogP contribution is -2.36. The number of halogens is 1. The summed E-state index contributed by atoms with van der Waals surface area (Å²) in [7, 11) is -3.80. The minimum atomic E-state index is -3.80. The fourth-order valence-electron chi connectivity index (χ4n) is 2.84. The zero-order chi connectivity index (χ0) is 16.8. The lowest BCUT2D eigenvalue weighted by molar-refractivity contribution is 0.166. The molecule has 6 heteroatoms. The number of anilines is 1. The molecule has 1 heterocycles. The Balaban J connectivity index is 2.11. The summed E-state index contributed by atoms with van der Waals surface area (Å²) in [6, 6.07) is 9.10. The second-order valence-corrected chi connectivity index (χ2v) is 7.72. The van der Waals surface area contributed by atoms with E-state index in [-0.39, 0.29) is 17.0 Å². The average Bonchev–Trinajstić information content (AvgIpc) is 2.50. The molecule has 1 aliphatic heterocycles. The molecule has 0 radical (unpaired) electrons. The maximum Gasteiger partial charge on any atom is 0.264 e. The molecule has 0 spiro atoms. The van der Waals surface area contributed by atoms with E-state index < -0.39 is 21.9 Å². The summed E-state index contributed by atoms with van der Waals surface area (Å²) in [4.78, 5) is 0.0549. The van der Waals surface area contributed by atoms with E-state index in [1.807, 2.05) is 13.0 Å². The Hall–Kier alpha value is -1.92. The second-order valence-electron chi connectivity index (χ2n) is 5.85. The zero-order valence-corrected chi connectivity index (χ0v) is 13.8. The van der Waals surface area contributed by atoms with Gasteiger partial charge in [0.15, 0.2) is 0 Å². The van der Waals surface area contributed by atoms with E-state index >= 15 is 0 Å². The van der Waals surface area contributed by atoms with Gasteiger partial charge in [-0.3, -0.25) is 4.31 Å². The third kappa shape index (κ3) is 2.72. The van der Waals surface area contributed by atoms with Crippen molar-refractivity contribution in [2.24, 2.45) is 0 Å². The van der Waals surface area contributed by atoms with Gasteiger partial charge in [-0.05, 0) is 50.1 Å². The predicted octanol–water partition coefficient (Wildman–Crippen LogP) is 3.07. The lowest BCUT2D eigenvalue weighted by atomic mass is 9.99. The smallest absolute Gasteiger partial charge is 0.264 e. The number of fused-ring (bicyclic) bond motifs is 1. The zero-order valence-electron chi connectivity index (χ0n) is 13.0. The van der Waals surface area contributed by atoms with Crippen molar-refractivity contribution < 1.29 is 17.9 Å². The van der Waals surface area contributed by atoms with Crippen molar-refractivity contribution in [1.82, 2.24) is 0 Å². The van der Waals surface area contributed by atoms with Crippen molar-refractivity contribution in [3.8, 4) is 0 Å². The van der Waals surface area contributed by atoms with E-state index in [2.05, 4.69) is 0 Å². The van der Waals surface area contributed by atoms with Gasteiger partial charge in [0.25, 0.3) is 10.0 Å². The van der Waals surface area contributed by atoms with Crippen LogP contribution in [0.3, 0.4) is 0 Å². The number of nitrogens with zero attached hydrogens (tertiary/aromatic N) is 1. The van der Waals surface area contributed by atoms with Crippen LogP contribution in [0.1, 0.15) is 29.2 Å². The molecule has 0 aliphatic carbocycles. The number of aryl methyl sites for hydroxylation is 2. The Morgan fingerprint density at radius 3 is 2.61 bits per heavy atom. The lowest BCUT2D eigenvalue weighted by Gasteiger charge is -2.33. The number of sulfonamides is 1. The van der Waals surface area contributed by atoms with E-state index in [0.717, 1.165) is 11.6 Å². The van der Waals surface area contributed by atoms with Crippen LogP contribution >= 0.6 is 0 Å². The molecule has 2 aromatic rings. The first-order valence-corrected chi connectivity index (χ1v) is 8.82. The molecule has 1 unspecified atom stereocenters. The molecule has 0 saturated carbocycles.